The number of carboxylic acids is 1. The predicted octanol–water partition coefficient (Wildman–Crippen LogP) is 8.75. The van der Waals surface area contributed by atoms with Gasteiger partial charge in [0.2, 0.25) is 0 Å². The summed E-state index contributed by atoms with van der Waals surface area (Å²) in [5, 5.41) is 8.73. The quantitative estimate of drug-likeness (QED) is 0.114. The highest BCUT2D eigenvalue weighted by molar-refractivity contribution is 5.66. The molecule has 0 rings (SSSR count). The summed E-state index contributed by atoms with van der Waals surface area (Å²) in [5.74, 6) is -0.647. The molecule has 31 heavy (non-hydrogen) atoms. The van der Waals surface area contributed by atoms with E-state index in [0.29, 0.717) is 6.42 Å². The molecule has 3 heteroatoms. The number of carboxylic acid groups (broad SMARTS) is 1. The first kappa shape index (κ1) is 30.4. The molecule has 0 atom stereocenters. The normalized spacial score (nSPS) is 11.8. The first-order valence-electron chi connectivity index (χ1n) is 14.2. The second-order valence-electron chi connectivity index (χ2n) is 10.0. The average molecular weight is 441 g/mol. The van der Waals surface area contributed by atoms with Gasteiger partial charge < -0.3 is 9.59 Å². The summed E-state index contributed by atoms with van der Waals surface area (Å²) in [5.41, 5.74) is 0. The van der Waals surface area contributed by atoms with Crippen LogP contribution in [0.15, 0.2) is 0 Å². The standard InChI is InChI=1S/C28H57NO2/c1-4-7-10-19-24-29(25-20-11-8-5-2,26-21-12-9-6-3)27-22-17-15-13-14-16-18-23-28(30)31/h4-27H2,1-3H3/p+1. The SMILES string of the molecule is CCCCCC[N+](CCCCCC)(CCCCCC)CCCCCCCCCC(=O)O. The number of unbranched alkanes of at least 4 members (excludes halogenated alkanes) is 15. The number of hydrogen-bond acceptors (Lipinski definition) is 1. The van der Waals surface area contributed by atoms with E-state index < -0.39 is 5.97 Å². The van der Waals surface area contributed by atoms with Gasteiger partial charge in [0, 0.05) is 6.42 Å². The van der Waals surface area contributed by atoms with Crippen molar-refractivity contribution in [1.29, 1.82) is 0 Å². The van der Waals surface area contributed by atoms with Gasteiger partial charge in [-0.25, -0.2) is 0 Å². The van der Waals surface area contributed by atoms with Crippen molar-refractivity contribution in [2.24, 2.45) is 0 Å². The van der Waals surface area contributed by atoms with Gasteiger partial charge in [-0.1, -0.05) is 85.0 Å². The lowest BCUT2D eigenvalue weighted by atomic mass is 10.1. The van der Waals surface area contributed by atoms with Crippen LogP contribution in [0, 0.1) is 0 Å². The number of aliphatic carboxylic acids is 1. The van der Waals surface area contributed by atoms with Crippen LogP contribution in [0.25, 0.3) is 0 Å². The zero-order valence-corrected chi connectivity index (χ0v) is 21.8. The summed E-state index contributed by atoms with van der Waals surface area (Å²) in [6.07, 6.45) is 25.5. The van der Waals surface area contributed by atoms with Gasteiger partial charge in [-0.15, -0.1) is 0 Å². The van der Waals surface area contributed by atoms with Crippen molar-refractivity contribution in [2.45, 2.75) is 149 Å². The zero-order chi connectivity index (χ0) is 23.0. The van der Waals surface area contributed by atoms with Crippen LogP contribution in [0.1, 0.15) is 149 Å². The molecule has 0 fully saturated rings. The molecular formula is C28H58NO2+. The molecule has 0 aromatic carbocycles. The molecule has 1 N–H and O–H groups in total. The summed E-state index contributed by atoms with van der Waals surface area (Å²) < 4.78 is 1.40. The van der Waals surface area contributed by atoms with Crippen LogP contribution in [-0.4, -0.2) is 41.7 Å². The summed E-state index contributed by atoms with van der Waals surface area (Å²) in [6.45, 7) is 12.6. The van der Waals surface area contributed by atoms with E-state index in [2.05, 4.69) is 20.8 Å². The summed E-state index contributed by atoms with van der Waals surface area (Å²) in [6, 6.07) is 0. The Kier molecular flexibility index (Phi) is 22.2. The van der Waals surface area contributed by atoms with E-state index in [-0.39, 0.29) is 0 Å². The highest BCUT2D eigenvalue weighted by Gasteiger charge is 2.25. The summed E-state index contributed by atoms with van der Waals surface area (Å²) in [7, 11) is 0. The highest BCUT2D eigenvalue weighted by Crippen LogP contribution is 2.20. The van der Waals surface area contributed by atoms with Crippen LogP contribution in [0.4, 0.5) is 0 Å². The fourth-order valence-corrected chi connectivity index (χ4v) is 4.90. The fourth-order valence-electron chi connectivity index (χ4n) is 4.90. The van der Waals surface area contributed by atoms with Crippen molar-refractivity contribution in [3.05, 3.63) is 0 Å². The van der Waals surface area contributed by atoms with Crippen molar-refractivity contribution >= 4 is 5.97 Å². The van der Waals surface area contributed by atoms with Gasteiger partial charge in [-0.3, -0.25) is 4.79 Å². The molecule has 0 aromatic rings. The van der Waals surface area contributed by atoms with E-state index in [9.17, 15) is 4.79 Å². The van der Waals surface area contributed by atoms with Crippen LogP contribution in [-0.2, 0) is 4.79 Å². The Balaban J connectivity index is 4.49. The van der Waals surface area contributed by atoms with Crippen LogP contribution < -0.4 is 0 Å². The number of hydrogen-bond donors (Lipinski definition) is 1. The van der Waals surface area contributed by atoms with E-state index in [0.717, 1.165) is 12.8 Å². The average Bonchev–Trinajstić information content (AvgIpc) is 2.76. The Hall–Kier alpha value is -0.570. The lowest BCUT2D eigenvalue weighted by molar-refractivity contribution is -0.929. The molecule has 3 nitrogen and oxygen atoms in total. The van der Waals surface area contributed by atoms with Gasteiger partial charge in [0.15, 0.2) is 0 Å². The van der Waals surface area contributed by atoms with Gasteiger partial charge in [0.25, 0.3) is 0 Å². The monoisotopic (exact) mass is 440 g/mol. The fraction of sp³-hybridized carbons (Fsp3) is 0.964. The lowest BCUT2D eigenvalue weighted by Crippen LogP contribution is -2.50. The van der Waals surface area contributed by atoms with E-state index in [4.69, 9.17) is 5.11 Å². The van der Waals surface area contributed by atoms with E-state index in [1.54, 1.807) is 0 Å². The Morgan fingerprint density at radius 2 is 0.774 bits per heavy atom. The molecule has 0 radical (unpaired) electrons. The molecule has 0 saturated carbocycles. The maximum atomic E-state index is 10.6. The smallest absolute Gasteiger partial charge is 0.303 e. The molecule has 0 aromatic heterocycles. The molecule has 0 unspecified atom stereocenters. The van der Waals surface area contributed by atoms with Crippen molar-refractivity contribution in [3.63, 3.8) is 0 Å². The first-order valence-corrected chi connectivity index (χ1v) is 14.2. The molecule has 0 aliphatic rings. The summed E-state index contributed by atoms with van der Waals surface area (Å²) in [4.78, 5) is 10.6. The number of quaternary nitrogens is 1. The second-order valence-corrected chi connectivity index (χ2v) is 10.0. The molecule has 0 aliphatic heterocycles. The number of carbonyl (C=O) groups is 1. The number of rotatable bonds is 25. The minimum Gasteiger partial charge on any atom is -0.481 e. The van der Waals surface area contributed by atoms with Gasteiger partial charge in [-0.05, 0) is 57.8 Å². The van der Waals surface area contributed by atoms with Crippen molar-refractivity contribution in [2.75, 3.05) is 26.2 Å². The van der Waals surface area contributed by atoms with E-state index >= 15 is 0 Å². The maximum Gasteiger partial charge on any atom is 0.303 e. The topological polar surface area (TPSA) is 37.3 Å². The zero-order valence-electron chi connectivity index (χ0n) is 21.8. The van der Waals surface area contributed by atoms with Crippen LogP contribution in [0.5, 0.6) is 0 Å². The van der Waals surface area contributed by atoms with Gasteiger partial charge in [-0.2, -0.15) is 0 Å². The minimum atomic E-state index is -0.647. The van der Waals surface area contributed by atoms with Gasteiger partial charge in [0.05, 0.1) is 26.2 Å². The molecule has 0 saturated heterocycles. The van der Waals surface area contributed by atoms with Crippen LogP contribution in [0.2, 0.25) is 0 Å². The number of nitrogens with zero attached hydrogens (tertiary/aromatic N) is 1. The molecule has 0 heterocycles. The van der Waals surface area contributed by atoms with Crippen LogP contribution >= 0.6 is 0 Å². The van der Waals surface area contributed by atoms with Gasteiger partial charge >= 0.3 is 5.97 Å². The van der Waals surface area contributed by atoms with Crippen molar-refractivity contribution in [3.8, 4) is 0 Å². The summed E-state index contributed by atoms with van der Waals surface area (Å²) >= 11 is 0. The molecule has 186 valence electrons. The third kappa shape index (κ3) is 19.8. The predicted molar refractivity (Wildman–Crippen MR) is 137 cm³/mol. The molecule has 0 amide bonds. The molecule has 0 bridgehead atoms. The van der Waals surface area contributed by atoms with E-state index in [1.807, 2.05) is 0 Å². The van der Waals surface area contributed by atoms with E-state index in [1.165, 1.54) is 140 Å². The van der Waals surface area contributed by atoms with Crippen molar-refractivity contribution < 1.29 is 14.4 Å². The maximum absolute atomic E-state index is 10.6. The van der Waals surface area contributed by atoms with Crippen LogP contribution in [0.3, 0.4) is 0 Å². The third-order valence-electron chi connectivity index (χ3n) is 6.98. The second kappa shape index (κ2) is 22.6. The molecule has 0 aliphatic carbocycles. The highest BCUT2D eigenvalue weighted by atomic mass is 16.4. The van der Waals surface area contributed by atoms with Gasteiger partial charge in [0.1, 0.15) is 0 Å². The Morgan fingerprint density at radius 3 is 1.10 bits per heavy atom. The largest absolute Gasteiger partial charge is 0.481 e. The third-order valence-corrected chi connectivity index (χ3v) is 6.98. The lowest BCUT2D eigenvalue weighted by Gasteiger charge is -2.39. The Bertz CT molecular complexity index is 352. The first-order chi connectivity index (χ1) is 15.1. The molecule has 0 spiro atoms. The molecular weight excluding hydrogens is 382 g/mol. The van der Waals surface area contributed by atoms with Crippen molar-refractivity contribution in [1.82, 2.24) is 0 Å². The Morgan fingerprint density at radius 1 is 0.484 bits per heavy atom. The minimum absolute atomic E-state index is 0.341. The Labute approximate surface area is 196 Å².